The van der Waals surface area contributed by atoms with Gasteiger partial charge in [-0.05, 0) is 36.2 Å². The minimum atomic E-state index is -0.429. The van der Waals surface area contributed by atoms with E-state index in [1.54, 1.807) is 24.8 Å². The van der Waals surface area contributed by atoms with Gasteiger partial charge in [0.2, 0.25) is 0 Å². The van der Waals surface area contributed by atoms with Crippen molar-refractivity contribution in [2.24, 2.45) is 0 Å². The highest BCUT2D eigenvalue weighted by atomic mass is 35.5. The SMILES string of the molecule is CC(O)c1ccc(SCc2cccc(Cl)c2Cl)cc1. The van der Waals surface area contributed by atoms with Crippen LogP contribution in [0, 0.1) is 0 Å². The molecule has 0 aliphatic rings. The second kappa shape index (κ2) is 6.67. The molecule has 2 aromatic rings. The molecular formula is C15H14Cl2OS. The number of halogens is 2. The zero-order chi connectivity index (χ0) is 13.8. The Hall–Kier alpha value is -0.670. The van der Waals surface area contributed by atoms with Crippen LogP contribution in [0.4, 0.5) is 0 Å². The molecule has 0 fully saturated rings. The molecule has 0 saturated heterocycles. The molecule has 0 aromatic heterocycles. The highest BCUT2D eigenvalue weighted by Crippen LogP contribution is 2.31. The molecule has 1 N–H and O–H groups in total. The predicted octanol–water partition coefficient (Wildman–Crippen LogP) is 5.34. The molecule has 2 rings (SSSR count). The Kier molecular flexibility index (Phi) is 5.17. The summed E-state index contributed by atoms with van der Waals surface area (Å²) >= 11 is 13.8. The smallest absolute Gasteiger partial charge is 0.0761 e. The quantitative estimate of drug-likeness (QED) is 0.769. The average molecular weight is 313 g/mol. The first-order valence-corrected chi connectivity index (χ1v) is 7.66. The topological polar surface area (TPSA) is 20.2 Å². The van der Waals surface area contributed by atoms with Gasteiger partial charge < -0.3 is 5.11 Å². The van der Waals surface area contributed by atoms with Crippen LogP contribution in [0.15, 0.2) is 47.4 Å². The van der Waals surface area contributed by atoms with Gasteiger partial charge in [-0.2, -0.15) is 0 Å². The predicted molar refractivity (Wildman–Crippen MR) is 83.1 cm³/mol. The Bertz CT molecular complexity index is 553. The molecule has 0 aliphatic carbocycles. The molecule has 0 heterocycles. The summed E-state index contributed by atoms with van der Waals surface area (Å²) in [5.41, 5.74) is 1.95. The lowest BCUT2D eigenvalue weighted by molar-refractivity contribution is 0.199. The zero-order valence-corrected chi connectivity index (χ0v) is 12.8. The molecule has 4 heteroatoms. The largest absolute Gasteiger partial charge is 0.389 e. The fourth-order valence-electron chi connectivity index (χ4n) is 1.66. The molecule has 0 spiro atoms. The van der Waals surface area contributed by atoms with E-state index in [1.807, 2.05) is 36.4 Å². The van der Waals surface area contributed by atoms with Gasteiger partial charge in [-0.25, -0.2) is 0 Å². The molecule has 0 amide bonds. The lowest BCUT2D eigenvalue weighted by Gasteiger charge is -2.07. The molecule has 1 nitrogen and oxygen atoms in total. The second-order valence-corrected chi connectivity index (χ2v) is 6.08. The van der Waals surface area contributed by atoms with Crippen LogP contribution in [0.3, 0.4) is 0 Å². The molecule has 0 saturated carbocycles. The summed E-state index contributed by atoms with van der Waals surface area (Å²) in [5.74, 6) is 0.771. The van der Waals surface area contributed by atoms with Crippen molar-refractivity contribution in [2.75, 3.05) is 0 Å². The number of hydrogen-bond acceptors (Lipinski definition) is 2. The van der Waals surface area contributed by atoms with Gasteiger partial charge in [-0.15, -0.1) is 11.8 Å². The van der Waals surface area contributed by atoms with E-state index in [0.717, 1.165) is 21.8 Å². The van der Waals surface area contributed by atoms with E-state index >= 15 is 0 Å². The molecule has 100 valence electrons. The third kappa shape index (κ3) is 3.90. The normalized spacial score (nSPS) is 12.4. The first kappa shape index (κ1) is 14.7. The summed E-state index contributed by atoms with van der Waals surface area (Å²) in [7, 11) is 0. The summed E-state index contributed by atoms with van der Waals surface area (Å²) in [5, 5.41) is 10.7. The molecule has 0 aliphatic heterocycles. The van der Waals surface area contributed by atoms with Gasteiger partial charge in [0.1, 0.15) is 0 Å². The average Bonchev–Trinajstić information content (AvgIpc) is 2.41. The summed E-state index contributed by atoms with van der Waals surface area (Å²) < 4.78 is 0. The van der Waals surface area contributed by atoms with Crippen LogP contribution in [-0.2, 0) is 5.75 Å². The fourth-order valence-corrected chi connectivity index (χ4v) is 3.02. The van der Waals surface area contributed by atoms with Gasteiger partial charge in [0.25, 0.3) is 0 Å². The maximum Gasteiger partial charge on any atom is 0.0761 e. The van der Waals surface area contributed by atoms with Crippen LogP contribution >= 0.6 is 35.0 Å². The maximum atomic E-state index is 9.45. The van der Waals surface area contributed by atoms with Crippen LogP contribution in [0.25, 0.3) is 0 Å². The van der Waals surface area contributed by atoms with Gasteiger partial charge in [0.15, 0.2) is 0 Å². The second-order valence-electron chi connectivity index (χ2n) is 4.25. The number of aliphatic hydroxyl groups excluding tert-OH is 1. The molecule has 1 atom stereocenters. The van der Waals surface area contributed by atoms with Crippen LogP contribution in [0.1, 0.15) is 24.2 Å². The molecule has 2 aromatic carbocycles. The van der Waals surface area contributed by atoms with Crippen molar-refractivity contribution >= 4 is 35.0 Å². The van der Waals surface area contributed by atoms with Crippen LogP contribution in [0.2, 0.25) is 10.0 Å². The third-order valence-electron chi connectivity index (χ3n) is 2.79. The molecular weight excluding hydrogens is 299 g/mol. The van der Waals surface area contributed by atoms with Crippen LogP contribution in [0.5, 0.6) is 0 Å². The number of hydrogen-bond donors (Lipinski definition) is 1. The Morgan fingerprint density at radius 1 is 1.11 bits per heavy atom. The Labute approximate surface area is 127 Å². The molecule has 1 unspecified atom stereocenters. The van der Waals surface area contributed by atoms with E-state index in [2.05, 4.69) is 0 Å². The lowest BCUT2D eigenvalue weighted by atomic mass is 10.1. The van der Waals surface area contributed by atoms with Crippen molar-refractivity contribution in [3.8, 4) is 0 Å². The van der Waals surface area contributed by atoms with Crippen molar-refractivity contribution in [1.29, 1.82) is 0 Å². The Morgan fingerprint density at radius 2 is 1.79 bits per heavy atom. The monoisotopic (exact) mass is 312 g/mol. The van der Waals surface area contributed by atoms with Crippen molar-refractivity contribution in [1.82, 2.24) is 0 Å². The zero-order valence-electron chi connectivity index (χ0n) is 10.4. The van der Waals surface area contributed by atoms with Gasteiger partial charge in [-0.3, -0.25) is 0 Å². The van der Waals surface area contributed by atoms with Crippen molar-refractivity contribution < 1.29 is 5.11 Å². The fraction of sp³-hybridized carbons (Fsp3) is 0.200. The number of aliphatic hydroxyl groups is 1. The van der Waals surface area contributed by atoms with E-state index in [0.29, 0.717) is 10.0 Å². The maximum absolute atomic E-state index is 9.45. The standard InChI is InChI=1S/C15H14Cl2OS/c1-10(18)11-5-7-13(8-6-11)19-9-12-3-2-4-14(16)15(12)17/h2-8,10,18H,9H2,1H3. The van der Waals surface area contributed by atoms with Crippen molar-refractivity contribution in [2.45, 2.75) is 23.7 Å². The van der Waals surface area contributed by atoms with Crippen LogP contribution < -0.4 is 0 Å². The minimum Gasteiger partial charge on any atom is -0.389 e. The number of rotatable bonds is 4. The van der Waals surface area contributed by atoms with E-state index in [4.69, 9.17) is 23.2 Å². The highest BCUT2D eigenvalue weighted by Gasteiger charge is 2.05. The van der Waals surface area contributed by atoms with Gasteiger partial charge in [-0.1, -0.05) is 47.5 Å². The Balaban J connectivity index is 2.04. The first-order valence-electron chi connectivity index (χ1n) is 5.91. The number of benzene rings is 2. The molecule has 0 bridgehead atoms. The lowest BCUT2D eigenvalue weighted by Crippen LogP contribution is -1.90. The molecule has 0 radical (unpaired) electrons. The van der Waals surface area contributed by atoms with Gasteiger partial charge in [0.05, 0.1) is 16.1 Å². The first-order chi connectivity index (χ1) is 9.08. The summed E-state index contributed by atoms with van der Waals surface area (Å²) in [6, 6.07) is 13.6. The van der Waals surface area contributed by atoms with E-state index < -0.39 is 6.10 Å². The van der Waals surface area contributed by atoms with Crippen LogP contribution in [-0.4, -0.2) is 5.11 Å². The van der Waals surface area contributed by atoms with Crippen molar-refractivity contribution in [3.63, 3.8) is 0 Å². The minimum absolute atomic E-state index is 0.429. The van der Waals surface area contributed by atoms with E-state index in [9.17, 15) is 5.11 Å². The summed E-state index contributed by atoms with van der Waals surface area (Å²) in [4.78, 5) is 1.14. The van der Waals surface area contributed by atoms with E-state index in [-0.39, 0.29) is 0 Å². The summed E-state index contributed by atoms with van der Waals surface area (Å²) in [6.45, 7) is 1.76. The number of thioether (sulfide) groups is 1. The third-order valence-corrected chi connectivity index (χ3v) is 4.71. The summed E-state index contributed by atoms with van der Waals surface area (Å²) in [6.07, 6.45) is -0.429. The van der Waals surface area contributed by atoms with E-state index in [1.165, 1.54) is 0 Å². The van der Waals surface area contributed by atoms with Gasteiger partial charge in [0, 0.05) is 10.6 Å². The Morgan fingerprint density at radius 3 is 2.42 bits per heavy atom. The highest BCUT2D eigenvalue weighted by molar-refractivity contribution is 7.98. The molecule has 19 heavy (non-hydrogen) atoms. The van der Waals surface area contributed by atoms with Crippen molar-refractivity contribution in [3.05, 3.63) is 63.6 Å². The van der Waals surface area contributed by atoms with Gasteiger partial charge >= 0.3 is 0 Å².